The van der Waals surface area contributed by atoms with E-state index in [-0.39, 0.29) is 17.4 Å². The molecule has 1 amide bonds. The smallest absolute Gasteiger partial charge is 0.289 e. The van der Waals surface area contributed by atoms with Crippen LogP contribution in [0.1, 0.15) is 16.1 Å². The van der Waals surface area contributed by atoms with Gasteiger partial charge in [-0.1, -0.05) is 17.7 Å². The van der Waals surface area contributed by atoms with Crippen LogP contribution in [0.2, 0.25) is 0 Å². The van der Waals surface area contributed by atoms with Crippen LogP contribution >= 0.6 is 0 Å². The van der Waals surface area contributed by atoms with E-state index in [1.165, 1.54) is 17.0 Å². The normalized spacial score (nSPS) is 10.5. The zero-order chi connectivity index (χ0) is 20.1. The lowest BCUT2D eigenvalue weighted by atomic mass is 10.1. The Hall–Kier alpha value is -3.61. The molecule has 0 saturated heterocycles. The maximum absolute atomic E-state index is 12.5. The molecule has 0 aliphatic carbocycles. The van der Waals surface area contributed by atoms with Crippen molar-refractivity contribution >= 4 is 11.6 Å². The molecule has 1 heterocycles. The van der Waals surface area contributed by atoms with E-state index in [0.29, 0.717) is 24.5 Å². The number of ether oxygens (including phenoxy) is 1. The second kappa shape index (κ2) is 8.39. The number of carbonyl (C=O) groups excluding carboxylic acids is 1. The number of hydrogen-bond donors (Lipinski definition) is 0. The summed E-state index contributed by atoms with van der Waals surface area (Å²) in [5.41, 5.74) is 1.82. The minimum atomic E-state index is -0.464. The fourth-order valence-corrected chi connectivity index (χ4v) is 2.58. The van der Waals surface area contributed by atoms with Gasteiger partial charge in [-0.15, -0.1) is 0 Å². The Kier molecular flexibility index (Phi) is 5.74. The quantitative estimate of drug-likeness (QED) is 0.450. The Labute approximate surface area is 162 Å². The van der Waals surface area contributed by atoms with E-state index < -0.39 is 4.92 Å². The standard InChI is InChI=1S/C21H20N2O5/c1-15-3-9-18(10-4-15)27-14-13-22(2)21(24)20-12-11-19(28-20)16-5-7-17(8-6-16)23(25)26/h3-12H,13-14H2,1-2H3. The molecule has 2 aromatic carbocycles. The van der Waals surface area contributed by atoms with E-state index in [9.17, 15) is 14.9 Å². The average molecular weight is 380 g/mol. The van der Waals surface area contributed by atoms with E-state index in [1.54, 1.807) is 31.3 Å². The van der Waals surface area contributed by atoms with Gasteiger partial charge in [-0.2, -0.15) is 0 Å². The third-order valence-corrected chi connectivity index (χ3v) is 4.24. The maximum atomic E-state index is 12.5. The fourth-order valence-electron chi connectivity index (χ4n) is 2.58. The molecule has 1 aromatic heterocycles. The van der Waals surface area contributed by atoms with Gasteiger partial charge < -0.3 is 14.1 Å². The van der Waals surface area contributed by atoms with E-state index in [0.717, 1.165) is 11.3 Å². The zero-order valence-corrected chi connectivity index (χ0v) is 15.6. The van der Waals surface area contributed by atoms with Crippen molar-refractivity contribution < 1.29 is 18.9 Å². The average Bonchev–Trinajstić information content (AvgIpc) is 3.19. The summed E-state index contributed by atoms with van der Waals surface area (Å²) in [6.07, 6.45) is 0. The van der Waals surface area contributed by atoms with Gasteiger partial charge in [-0.3, -0.25) is 14.9 Å². The van der Waals surface area contributed by atoms with Crippen molar-refractivity contribution in [1.82, 2.24) is 4.90 Å². The van der Waals surface area contributed by atoms with Gasteiger partial charge in [0.25, 0.3) is 11.6 Å². The predicted octanol–water partition coefficient (Wildman–Crippen LogP) is 4.31. The molecule has 0 fully saturated rings. The van der Waals surface area contributed by atoms with E-state index >= 15 is 0 Å². The van der Waals surface area contributed by atoms with Crippen molar-refractivity contribution in [3.05, 3.63) is 82.1 Å². The van der Waals surface area contributed by atoms with Gasteiger partial charge in [-0.05, 0) is 43.3 Å². The molecule has 3 rings (SSSR count). The van der Waals surface area contributed by atoms with Gasteiger partial charge in [-0.25, -0.2) is 0 Å². The Morgan fingerprint density at radius 3 is 2.39 bits per heavy atom. The fraction of sp³-hybridized carbons (Fsp3) is 0.190. The third-order valence-electron chi connectivity index (χ3n) is 4.24. The Bertz CT molecular complexity index is 961. The first-order valence-corrected chi connectivity index (χ1v) is 8.73. The summed E-state index contributed by atoms with van der Waals surface area (Å²) in [6, 6.07) is 16.9. The Morgan fingerprint density at radius 2 is 1.75 bits per heavy atom. The summed E-state index contributed by atoms with van der Waals surface area (Å²) in [4.78, 5) is 24.3. The number of benzene rings is 2. The molecule has 0 spiro atoms. The molecule has 0 radical (unpaired) electrons. The molecule has 7 heteroatoms. The Morgan fingerprint density at radius 1 is 1.07 bits per heavy atom. The number of hydrogen-bond acceptors (Lipinski definition) is 5. The highest BCUT2D eigenvalue weighted by molar-refractivity contribution is 5.92. The number of nitrogens with zero attached hydrogens (tertiary/aromatic N) is 2. The van der Waals surface area contributed by atoms with Gasteiger partial charge >= 0.3 is 0 Å². The van der Waals surface area contributed by atoms with Crippen molar-refractivity contribution in [3.8, 4) is 17.1 Å². The van der Waals surface area contributed by atoms with Gasteiger partial charge in [0.2, 0.25) is 0 Å². The number of non-ortho nitro benzene ring substituents is 1. The number of carbonyl (C=O) groups is 1. The summed E-state index contributed by atoms with van der Waals surface area (Å²) in [5.74, 6) is 1.17. The van der Waals surface area contributed by atoms with Crippen molar-refractivity contribution in [3.63, 3.8) is 0 Å². The van der Waals surface area contributed by atoms with Crippen LogP contribution in [0.5, 0.6) is 5.75 Å². The largest absolute Gasteiger partial charge is 0.492 e. The van der Waals surface area contributed by atoms with E-state index in [1.807, 2.05) is 31.2 Å². The number of likely N-dealkylation sites (N-methyl/N-ethyl adjacent to an activating group) is 1. The first-order valence-electron chi connectivity index (χ1n) is 8.73. The van der Waals surface area contributed by atoms with Crippen LogP contribution in [-0.2, 0) is 0 Å². The molecule has 0 aliphatic heterocycles. The lowest BCUT2D eigenvalue weighted by molar-refractivity contribution is -0.384. The minimum Gasteiger partial charge on any atom is -0.492 e. The van der Waals surface area contributed by atoms with E-state index in [4.69, 9.17) is 9.15 Å². The number of nitro benzene ring substituents is 1. The molecule has 0 bridgehead atoms. The monoisotopic (exact) mass is 380 g/mol. The molecule has 0 saturated carbocycles. The summed E-state index contributed by atoms with van der Waals surface area (Å²) >= 11 is 0. The SMILES string of the molecule is Cc1ccc(OCCN(C)C(=O)c2ccc(-c3ccc([N+](=O)[O-])cc3)o2)cc1. The van der Waals surface area contributed by atoms with Gasteiger partial charge in [0.05, 0.1) is 11.5 Å². The molecule has 144 valence electrons. The van der Waals surface area contributed by atoms with Gasteiger partial charge in [0, 0.05) is 24.7 Å². The summed E-state index contributed by atoms with van der Waals surface area (Å²) < 4.78 is 11.3. The first kappa shape index (κ1) is 19.2. The number of furan rings is 1. The van der Waals surface area contributed by atoms with Crippen LogP contribution in [0.25, 0.3) is 11.3 Å². The third kappa shape index (κ3) is 4.56. The van der Waals surface area contributed by atoms with Crippen molar-refractivity contribution in [2.75, 3.05) is 20.2 Å². The second-order valence-electron chi connectivity index (χ2n) is 6.36. The van der Waals surface area contributed by atoms with Crippen LogP contribution in [0.15, 0.2) is 65.1 Å². The van der Waals surface area contributed by atoms with Gasteiger partial charge in [0.1, 0.15) is 18.1 Å². The molecule has 0 unspecified atom stereocenters. The Balaban J connectivity index is 1.58. The maximum Gasteiger partial charge on any atom is 0.289 e. The van der Waals surface area contributed by atoms with Crippen molar-refractivity contribution in [2.45, 2.75) is 6.92 Å². The van der Waals surface area contributed by atoms with Crippen molar-refractivity contribution in [1.29, 1.82) is 0 Å². The summed E-state index contributed by atoms with van der Waals surface area (Å²) in [7, 11) is 1.68. The molecule has 0 aliphatic rings. The lowest BCUT2D eigenvalue weighted by Gasteiger charge is -2.16. The topological polar surface area (TPSA) is 85.8 Å². The summed E-state index contributed by atoms with van der Waals surface area (Å²) in [6.45, 7) is 2.77. The van der Waals surface area contributed by atoms with Crippen LogP contribution < -0.4 is 4.74 Å². The molecule has 3 aromatic rings. The molecule has 0 N–H and O–H groups in total. The number of nitro groups is 1. The van der Waals surface area contributed by atoms with Crippen LogP contribution in [0, 0.1) is 17.0 Å². The highest BCUT2D eigenvalue weighted by Crippen LogP contribution is 2.25. The van der Waals surface area contributed by atoms with E-state index in [2.05, 4.69) is 0 Å². The number of amides is 1. The molecule has 7 nitrogen and oxygen atoms in total. The molecule has 28 heavy (non-hydrogen) atoms. The van der Waals surface area contributed by atoms with Crippen LogP contribution in [0.3, 0.4) is 0 Å². The zero-order valence-electron chi connectivity index (χ0n) is 15.6. The number of aryl methyl sites for hydroxylation is 1. The molecular weight excluding hydrogens is 360 g/mol. The van der Waals surface area contributed by atoms with Crippen LogP contribution in [-0.4, -0.2) is 35.9 Å². The predicted molar refractivity (Wildman–Crippen MR) is 104 cm³/mol. The number of rotatable bonds is 7. The summed E-state index contributed by atoms with van der Waals surface area (Å²) in [5, 5.41) is 10.7. The van der Waals surface area contributed by atoms with Gasteiger partial charge in [0.15, 0.2) is 5.76 Å². The lowest BCUT2D eigenvalue weighted by Crippen LogP contribution is -2.30. The molecular formula is C21H20N2O5. The molecule has 0 atom stereocenters. The second-order valence-corrected chi connectivity index (χ2v) is 6.36. The minimum absolute atomic E-state index is 0.0000778. The first-order chi connectivity index (χ1) is 13.4. The van der Waals surface area contributed by atoms with Crippen LogP contribution in [0.4, 0.5) is 5.69 Å². The highest BCUT2D eigenvalue weighted by Gasteiger charge is 2.17. The highest BCUT2D eigenvalue weighted by atomic mass is 16.6. The van der Waals surface area contributed by atoms with Crippen molar-refractivity contribution in [2.24, 2.45) is 0 Å².